The van der Waals surface area contributed by atoms with Gasteiger partial charge < -0.3 is 25.3 Å². The van der Waals surface area contributed by atoms with Gasteiger partial charge in [0.2, 0.25) is 0 Å². The van der Waals surface area contributed by atoms with E-state index in [2.05, 4.69) is 27.2 Å². The first-order valence-electron chi connectivity index (χ1n) is 12.3. The van der Waals surface area contributed by atoms with E-state index >= 15 is 0 Å². The third-order valence-electron chi connectivity index (χ3n) is 5.81. The first kappa shape index (κ1) is 24.8. The molecule has 3 N–H and O–H groups in total. The molecule has 0 unspecified atom stereocenters. The predicted molar refractivity (Wildman–Crippen MR) is 134 cm³/mol. The molecular weight excluding hydrogens is 446 g/mol. The molecule has 1 saturated heterocycles. The topological polar surface area (TPSA) is 121 Å². The molecule has 3 aromatic rings. The van der Waals surface area contributed by atoms with Crippen molar-refractivity contribution >= 4 is 22.6 Å². The highest BCUT2D eigenvalue weighted by Crippen LogP contribution is 2.36. The lowest BCUT2D eigenvalue weighted by Gasteiger charge is -2.21. The summed E-state index contributed by atoms with van der Waals surface area (Å²) in [5.41, 5.74) is 9.00. The lowest BCUT2D eigenvalue weighted by atomic mass is 10.0. The highest BCUT2D eigenvalue weighted by atomic mass is 16.5. The molecule has 0 radical (unpaired) electrons. The normalized spacial score (nSPS) is 15.7. The number of anilines is 1. The number of nitrogens with zero attached hydrogens (tertiary/aromatic N) is 3. The monoisotopic (exact) mass is 479 g/mol. The van der Waals surface area contributed by atoms with Gasteiger partial charge in [0.15, 0.2) is 5.82 Å². The lowest BCUT2D eigenvalue weighted by molar-refractivity contribution is -0.147. The van der Waals surface area contributed by atoms with E-state index in [9.17, 15) is 4.79 Å². The molecule has 1 aliphatic heterocycles. The third kappa shape index (κ3) is 6.64. The number of nitrogens with two attached hydrogens (primary N) is 1. The van der Waals surface area contributed by atoms with E-state index in [1.807, 2.05) is 18.2 Å². The van der Waals surface area contributed by atoms with Gasteiger partial charge in [0.1, 0.15) is 18.4 Å². The Labute approximate surface area is 205 Å². The molecule has 0 bridgehead atoms. The van der Waals surface area contributed by atoms with Gasteiger partial charge in [-0.1, -0.05) is 13.3 Å². The molecule has 1 aliphatic rings. The lowest BCUT2D eigenvalue weighted by Crippen LogP contribution is -2.41. The Morgan fingerprint density at radius 2 is 1.97 bits per heavy atom. The fraction of sp³-hybridized carbons (Fsp3) is 0.462. The number of hydrogen-bond donors (Lipinski definition) is 2. The first-order chi connectivity index (χ1) is 17.2. The molecule has 0 saturated carbocycles. The molecule has 9 nitrogen and oxygen atoms in total. The summed E-state index contributed by atoms with van der Waals surface area (Å²) in [6, 6.07) is 5.53. The fourth-order valence-corrected chi connectivity index (χ4v) is 4.01. The number of benzene rings is 1. The highest BCUT2D eigenvalue weighted by molar-refractivity contribution is 5.94. The van der Waals surface area contributed by atoms with Crippen molar-refractivity contribution in [3.63, 3.8) is 0 Å². The van der Waals surface area contributed by atoms with Crippen molar-refractivity contribution in [3.8, 4) is 16.9 Å². The van der Waals surface area contributed by atoms with E-state index in [1.54, 1.807) is 18.6 Å². The molecule has 186 valence electrons. The Morgan fingerprint density at radius 1 is 1.11 bits per heavy atom. The second-order valence-corrected chi connectivity index (χ2v) is 8.59. The maximum atomic E-state index is 12.2. The fourth-order valence-electron chi connectivity index (χ4n) is 4.01. The standard InChI is InChI=1S/C26H33N5O4/c1-2-10-33-17-24-30-14-18(15-31-24)20-7-8-22-21(13-19(27)16-29-22)25(20)34-11-5-12-35-26(32)23-6-3-4-9-28-23/h7-8,13-16,23,28H,2-6,9-12,17,27H2,1H3/t23-/m0/s1. The van der Waals surface area contributed by atoms with Gasteiger partial charge in [0.05, 0.1) is 30.6 Å². The second-order valence-electron chi connectivity index (χ2n) is 8.59. The number of carbonyl (C=O) groups is 1. The summed E-state index contributed by atoms with van der Waals surface area (Å²) in [5.74, 6) is 1.10. The quantitative estimate of drug-likeness (QED) is 0.313. The first-order valence-corrected chi connectivity index (χ1v) is 12.3. The Balaban J connectivity index is 1.45. The van der Waals surface area contributed by atoms with Crippen LogP contribution in [-0.4, -0.2) is 53.3 Å². The average Bonchev–Trinajstić information content (AvgIpc) is 2.89. The van der Waals surface area contributed by atoms with E-state index in [-0.39, 0.29) is 12.0 Å². The molecule has 3 heterocycles. The van der Waals surface area contributed by atoms with Crippen LogP contribution in [0.3, 0.4) is 0 Å². The predicted octanol–water partition coefficient (Wildman–Crippen LogP) is 3.65. The van der Waals surface area contributed by atoms with Crippen LogP contribution in [0.15, 0.2) is 36.8 Å². The summed E-state index contributed by atoms with van der Waals surface area (Å²) in [6.45, 7) is 4.65. The number of nitrogens with one attached hydrogen (secondary N) is 1. The summed E-state index contributed by atoms with van der Waals surface area (Å²) in [5, 5.41) is 4.02. The number of pyridine rings is 1. The van der Waals surface area contributed by atoms with Crippen molar-refractivity contribution in [2.45, 2.75) is 51.7 Å². The summed E-state index contributed by atoms with van der Waals surface area (Å²) in [4.78, 5) is 25.5. The Hall–Kier alpha value is -3.30. The minimum atomic E-state index is -0.196. The van der Waals surface area contributed by atoms with Gasteiger partial charge in [-0.3, -0.25) is 9.78 Å². The van der Waals surface area contributed by atoms with Crippen LogP contribution in [0.1, 0.15) is 44.9 Å². The number of hydrogen-bond acceptors (Lipinski definition) is 9. The molecule has 0 spiro atoms. The maximum Gasteiger partial charge on any atom is 0.323 e. The molecule has 1 atom stereocenters. The minimum absolute atomic E-state index is 0.187. The van der Waals surface area contributed by atoms with Gasteiger partial charge in [-0.05, 0) is 44.0 Å². The van der Waals surface area contributed by atoms with E-state index < -0.39 is 0 Å². The molecular formula is C26H33N5O4. The number of ether oxygens (including phenoxy) is 3. The zero-order valence-electron chi connectivity index (χ0n) is 20.2. The molecule has 35 heavy (non-hydrogen) atoms. The van der Waals surface area contributed by atoms with Crippen LogP contribution in [-0.2, 0) is 20.9 Å². The van der Waals surface area contributed by atoms with Crippen molar-refractivity contribution < 1.29 is 19.0 Å². The molecule has 1 fully saturated rings. The van der Waals surface area contributed by atoms with Gasteiger partial charge in [-0.2, -0.15) is 0 Å². The van der Waals surface area contributed by atoms with Crippen LogP contribution in [0.2, 0.25) is 0 Å². The zero-order chi connectivity index (χ0) is 24.5. The molecule has 0 amide bonds. The zero-order valence-corrected chi connectivity index (χ0v) is 20.2. The SMILES string of the molecule is CCCOCc1ncc(-c2ccc3ncc(N)cc3c2OCCCOC(=O)[C@@H]2CCCCN2)cn1. The van der Waals surface area contributed by atoms with Crippen LogP contribution in [0.4, 0.5) is 5.69 Å². The van der Waals surface area contributed by atoms with E-state index in [4.69, 9.17) is 19.9 Å². The summed E-state index contributed by atoms with van der Waals surface area (Å²) in [7, 11) is 0. The Kier molecular flexibility index (Phi) is 8.80. The van der Waals surface area contributed by atoms with Crippen LogP contribution in [0, 0.1) is 0 Å². The van der Waals surface area contributed by atoms with Crippen molar-refractivity contribution in [3.05, 3.63) is 42.6 Å². The molecule has 2 aromatic heterocycles. The van der Waals surface area contributed by atoms with E-state index in [1.165, 1.54) is 0 Å². The maximum absolute atomic E-state index is 12.2. The minimum Gasteiger partial charge on any atom is -0.492 e. The number of rotatable bonds is 11. The molecule has 9 heteroatoms. The van der Waals surface area contributed by atoms with Gasteiger partial charge in [-0.25, -0.2) is 9.97 Å². The number of nitrogen functional groups attached to an aromatic ring is 1. The summed E-state index contributed by atoms with van der Waals surface area (Å²) in [6.07, 6.45) is 9.65. The van der Waals surface area contributed by atoms with E-state index in [0.717, 1.165) is 54.3 Å². The average molecular weight is 480 g/mol. The second kappa shape index (κ2) is 12.4. The third-order valence-corrected chi connectivity index (χ3v) is 5.81. The van der Waals surface area contributed by atoms with E-state index in [0.29, 0.717) is 50.1 Å². The number of piperidine rings is 1. The molecule has 4 rings (SSSR count). The van der Waals surface area contributed by atoms with Gasteiger partial charge in [0.25, 0.3) is 0 Å². The van der Waals surface area contributed by atoms with Crippen LogP contribution >= 0.6 is 0 Å². The summed E-state index contributed by atoms with van der Waals surface area (Å²) >= 11 is 0. The Morgan fingerprint density at radius 3 is 2.74 bits per heavy atom. The smallest absolute Gasteiger partial charge is 0.323 e. The largest absolute Gasteiger partial charge is 0.492 e. The number of carbonyl (C=O) groups excluding carboxylic acids is 1. The van der Waals surface area contributed by atoms with Crippen LogP contribution < -0.4 is 15.8 Å². The van der Waals surface area contributed by atoms with Crippen molar-refractivity contribution in [1.29, 1.82) is 0 Å². The number of fused-ring (bicyclic) bond motifs is 1. The summed E-state index contributed by atoms with van der Waals surface area (Å²) < 4.78 is 17.2. The van der Waals surface area contributed by atoms with Crippen molar-refractivity contribution in [1.82, 2.24) is 20.3 Å². The van der Waals surface area contributed by atoms with Gasteiger partial charge >= 0.3 is 5.97 Å². The highest BCUT2D eigenvalue weighted by Gasteiger charge is 2.21. The Bertz CT molecular complexity index is 1120. The number of esters is 1. The van der Waals surface area contributed by atoms with Gasteiger partial charge in [-0.15, -0.1) is 0 Å². The van der Waals surface area contributed by atoms with Crippen LogP contribution in [0.5, 0.6) is 5.75 Å². The van der Waals surface area contributed by atoms with Crippen LogP contribution in [0.25, 0.3) is 22.0 Å². The molecule has 1 aromatic carbocycles. The molecule has 0 aliphatic carbocycles. The number of aromatic nitrogens is 3. The van der Waals surface area contributed by atoms with Crippen molar-refractivity contribution in [2.75, 3.05) is 32.1 Å². The van der Waals surface area contributed by atoms with Gasteiger partial charge in [0, 0.05) is 41.9 Å². The van der Waals surface area contributed by atoms with Crippen molar-refractivity contribution in [2.24, 2.45) is 0 Å².